The van der Waals surface area contributed by atoms with Gasteiger partial charge in [-0.05, 0) is 12.1 Å². The van der Waals surface area contributed by atoms with E-state index in [0.29, 0.717) is 11.0 Å². The van der Waals surface area contributed by atoms with Crippen LogP contribution >= 0.6 is 0 Å². The Kier molecular flexibility index (Phi) is 11.7. The third-order valence-electron chi connectivity index (χ3n) is 3.71. The van der Waals surface area contributed by atoms with Crippen molar-refractivity contribution in [2.45, 2.75) is 0 Å². The Morgan fingerprint density at radius 2 is 1.00 bits per heavy atom. The average Bonchev–Trinajstić information content (AvgIpc) is 2.74. The molecule has 0 bridgehead atoms. The van der Waals surface area contributed by atoms with Crippen LogP contribution in [0.25, 0.3) is 21.8 Å². The zero-order valence-corrected chi connectivity index (χ0v) is 18.4. The van der Waals surface area contributed by atoms with Gasteiger partial charge in [-0.1, -0.05) is 48.5 Å². The van der Waals surface area contributed by atoms with Crippen LogP contribution in [0.3, 0.4) is 0 Å². The van der Waals surface area contributed by atoms with E-state index in [9.17, 15) is 19.8 Å². The number of aromatic carboxylic acids is 2. The number of benzene rings is 2. The van der Waals surface area contributed by atoms with Crippen LogP contribution < -0.4 is 15.3 Å². The molecule has 0 saturated carbocycles. The molecular formula is C21H15N2O6Re-5. The number of nitrogens with zero attached hydrogens (tertiary/aromatic N) is 2. The Morgan fingerprint density at radius 1 is 0.667 bits per heavy atom. The number of carboxylic acid groups (broad SMARTS) is 2. The fraction of sp³-hybridized carbons (Fsp3) is 0.0476. The quantitative estimate of drug-likeness (QED) is 0.326. The van der Waals surface area contributed by atoms with Crippen LogP contribution in [0.1, 0.15) is 20.7 Å². The number of hydrogen-bond acceptors (Lipinski definition) is 7. The van der Waals surface area contributed by atoms with Crippen LogP contribution in [-0.2, 0) is 25.9 Å². The van der Waals surface area contributed by atoms with Gasteiger partial charge >= 0.3 is 0 Å². The SMILES string of the molecule is C[O-].O=C([O-])c1cccc2cccnc12.O=C([O-])c1cccc2cccnc12.[O-2].[Re]. The Labute approximate surface area is 185 Å². The molecule has 30 heavy (non-hydrogen) atoms. The molecule has 157 valence electrons. The summed E-state index contributed by atoms with van der Waals surface area (Å²) in [4.78, 5) is 29.3. The molecule has 0 aliphatic rings. The van der Waals surface area contributed by atoms with Gasteiger partial charge in [0.05, 0.1) is 23.0 Å². The van der Waals surface area contributed by atoms with Gasteiger partial charge in [0.25, 0.3) is 0 Å². The van der Waals surface area contributed by atoms with Crippen molar-refractivity contribution in [3.63, 3.8) is 0 Å². The van der Waals surface area contributed by atoms with Gasteiger partial charge in [0.1, 0.15) is 0 Å². The molecule has 0 aliphatic heterocycles. The summed E-state index contributed by atoms with van der Waals surface area (Å²) >= 11 is 0. The largest absolute Gasteiger partial charge is 2.00 e. The number of aromatic nitrogens is 2. The maximum absolute atomic E-state index is 10.7. The Morgan fingerprint density at radius 3 is 1.33 bits per heavy atom. The predicted molar refractivity (Wildman–Crippen MR) is 98.8 cm³/mol. The van der Waals surface area contributed by atoms with Gasteiger partial charge in [-0.25, -0.2) is 0 Å². The van der Waals surface area contributed by atoms with Crippen molar-refractivity contribution < 1.29 is 50.8 Å². The zero-order valence-electron chi connectivity index (χ0n) is 15.7. The number of carbonyl (C=O) groups excluding carboxylic acids is 2. The topological polar surface area (TPSA) is 158 Å². The van der Waals surface area contributed by atoms with E-state index >= 15 is 0 Å². The van der Waals surface area contributed by atoms with E-state index in [1.807, 2.05) is 24.3 Å². The van der Waals surface area contributed by atoms with Crippen LogP contribution in [0.4, 0.5) is 0 Å². The maximum Gasteiger partial charge on any atom is 0.0792 e. The van der Waals surface area contributed by atoms with Crippen LogP contribution in [0.5, 0.6) is 0 Å². The molecule has 0 saturated heterocycles. The first-order valence-electron chi connectivity index (χ1n) is 8.09. The van der Waals surface area contributed by atoms with Gasteiger partial charge in [-0.3, -0.25) is 9.97 Å². The summed E-state index contributed by atoms with van der Waals surface area (Å²) in [5, 5.41) is 31.2. The van der Waals surface area contributed by atoms with E-state index in [4.69, 9.17) is 5.11 Å². The van der Waals surface area contributed by atoms with Crippen molar-refractivity contribution >= 4 is 33.7 Å². The number of rotatable bonds is 2. The van der Waals surface area contributed by atoms with Gasteiger partial charge in [0.2, 0.25) is 0 Å². The minimum absolute atomic E-state index is 0. The Balaban J connectivity index is 0.000000488. The number of carbonyl (C=O) groups is 2. The molecule has 2 aromatic heterocycles. The van der Waals surface area contributed by atoms with E-state index < -0.39 is 11.9 Å². The molecule has 2 heterocycles. The normalized spacial score (nSPS) is 9.00. The maximum atomic E-state index is 10.7. The fourth-order valence-electron chi connectivity index (χ4n) is 2.54. The number of fused-ring (bicyclic) bond motifs is 2. The average molecular weight is 578 g/mol. The van der Waals surface area contributed by atoms with Crippen molar-refractivity contribution in [1.82, 2.24) is 9.97 Å². The fourth-order valence-corrected chi connectivity index (χ4v) is 2.54. The molecule has 2 aromatic carbocycles. The molecule has 0 amide bonds. The van der Waals surface area contributed by atoms with Crippen molar-refractivity contribution in [3.8, 4) is 0 Å². The van der Waals surface area contributed by atoms with Crippen molar-refractivity contribution in [3.05, 3.63) is 84.2 Å². The summed E-state index contributed by atoms with van der Waals surface area (Å²) in [5.41, 5.74) is 1.23. The smallest absolute Gasteiger partial charge is 0.0792 e. The van der Waals surface area contributed by atoms with E-state index in [2.05, 4.69) is 9.97 Å². The molecule has 0 fully saturated rings. The van der Waals surface area contributed by atoms with Gasteiger partial charge in [-0.2, -0.15) is 7.11 Å². The predicted octanol–water partition coefficient (Wildman–Crippen LogP) is 0.0518. The van der Waals surface area contributed by atoms with E-state index in [0.717, 1.165) is 17.9 Å². The molecule has 0 N–H and O–H groups in total. The molecule has 0 atom stereocenters. The standard InChI is InChI=1S/2C10H7NO2.CH3O.O.Re/c2*12-10(13)8-5-1-3-7-4-2-6-11-9(7)8;1-2;;/h2*1-6H,(H,12,13);1H3;;/q;;-1;-2;/p-2. The molecule has 9 heteroatoms. The van der Waals surface area contributed by atoms with Crippen LogP contribution in [0, 0.1) is 0 Å². The number of para-hydroxylation sites is 2. The monoisotopic (exact) mass is 578 g/mol. The molecule has 0 spiro atoms. The summed E-state index contributed by atoms with van der Waals surface area (Å²) in [6.45, 7) is 0. The van der Waals surface area contributed by atoms with Gasteiger partial charge in [-0.15, -0.1) is 0 Å². The number of carboxylic acids is 2. The van der Waals surface area contributed by atoms with E-state index in [-0.39, 0.29) is 37.0 Å². The third-order valence-corrected chi connectivity index (χ3v) is 3.71. The molecule has 0 unspecified atom stereocenters. The van der Waals surface area contributed by atoms with Crippen molar-refractivity contribution in [2.24, 2.45) is 0 Å². The van der Waals surface area contributed by atoms with Gasteiger partial charge < -0.3 is 30.4 Å². The Bertz CT molecular complexity index is 1020. The second kappa shape index (κ2) is 13.1. The van der Waals surface area contributed by atoms with Gasteiger partial charge in [0, 0.05) is 54.7 Å². The van der Waals surface area contributed by atoms with Gasteiger partial charge in [0.15, 0.2) is 0 Å². The minimum atomic E-state index is -1.19. The second-order valence-corrected chi connectivity index (χ2v) is 5.34. The second-order valence-electron chi connectivity index (χ2n) is 5.34. The summed E-state index contributed by atoms with van der Waals surface area (Å²) in [7, 11) is 0.750. The van der Waals surface area contributed by atoms with Crippen molar-refractivity contribution in [2.75, 3.05) is 7.11 Å². The molecule has 1 radical (unpaired) electrons. The van der Waals surface area contributed by atoms with Crippen LogP contribution in [-0.4, -0.2) is 29.0 Å². The molecule has 8 nitrogen and oxygen atoms in total. The van der Waals surface area contributed by atoms with Crippen LogP contribution in [0.15, 0.2) is 73.1 Å². The summed E-state index contributed by atoms with van der Waals surface area (Å²) < 4.78 is 0. The molecule has 4 aromatic rings. The zero-order chi connectivity index (χ0) is 20.5. The molecule has 4 rings (SSSR count). The number of hydrogen-bond donors (Lipinski definition) is 0. The van der Waals surface area contributed by atoms with E-state index in [1.54, 1.807) is 36.7 Å². The number of pyridine rings is 2. The third kappa shape index (κ3) is 6.40. The summed E-state index contributed by atoms with van der Waals surface area (Å²) in [5.74, 6) is -2.38. The molecule has 0 aliphatic carbocycles. The first kappa shape index (κ1) is 26.8. The summed E-state index contributed by atoms with van der Waals surface area (Å²) in [6, 6.07) is 17.1. The molecular weight excluding hydrogens is 562 g/mol. The van der Waals surface area contributed by atoms with Crippen LogP contribution in [0.2, 0.25) is 0 Å². The first-order valence-corrected chi connectivity index (χ1v) is 8.09. The first-order chi connectivity index (χ1) is 13.6. The Hall–Kier alpha value is -3.22. The van der Waals surface area contributed by atoms with E-state index in [1.165, 1.54) is 12.1 Å². The van der Waals surface area contributed by atoms with Crippen molar-refractivity contribution in [1.29, 1.82) is 0 Å². The summed E-state index contributed by atoms with van der Waals surface area (Å²) in [6.07, 6.45) is 3.13. The minimum Gasteiger partial charge on any atom is -2.00 e.